The van der Waals surface area contributed by atoms with Gasteiger partial charge in [0, 0.05) is 6.42 Å². The molecular formula is C18H25NO5S. The SMILES string of the molecule is CCCCCC=C=CCCOC(=O)N(O)S(=O)(=O)c1ccc(C)cc1. The predicted octanol–water partition coefficient (Wildman–Crippen LogP) is 4.19. The number of unbranched alkanes of at least 4 members (excludes halogenated alkanes) is 3. The van der Waals surface area contributed by atoms with E-state index in [9.17, 15) is 18.4 Å². The van der Waals surface area contributed by atoms with Crippen LogP contribution in [-0.2, 0) is 14.8 Å². The van der Waals surface area contributed by atoms with Gasteiger partial charge in [-0.3, -0.25) is 5.21 Å². The molecule has 1 aromatic carbocycles. The van der Waals surface area contributed by atoms with Crippen LogP contribution in [0.1, 0.15) is 44.6 Å². The first-order valence-corrected chi connectivity index (χ1v) is 9.70. The summed E-state index contributed by atoms with van der Waals surface area (Å²) >= 11 is 0. The number of carbonyl (C=O) groups excluding carboxylic acids is 1. The lowest BCUT2D eigenvalue weighted by atomic mass is 10.2. The molecule has 0 saturated carbocycles. The highest BCUT2D eigenvalue weighted by Gasteiger charge is 2.29. The van der Waals surface area contributed by atoms with Crippen LogP contribution in [0.15, 0.2) is 47.0 Å². The van der Waals surface area contributed by atoms with E-state index in [0.717, 1.165) is 24.8 Å². The lowest BCUT2D eigenvalue weighted by Crippen LogP contribution is -2.34. The third-order valence-electron chi connectivity index (χ3n) is 3.38. The zero-order valence-corrected chi connectivity index (χ0v) is 15.5. The van der Waals surface area contributed by atoms with Gasteiger partial charge in [0.05, 0.1) is 11.5 Å². The molecule has 0 saturated heterocycles. The van der Waals surface area contributed by atoms with Crippen LogP contribution in [0, 0.1) is 6.92 Å². The Labute approximate surface area is 149 Å². The van der Waals surface area contributed by atoms with Gasteiger partial charge >= 0.3 is 6.09 Å². The number of amides is 1. The molecule has 0 fully saturated rings. The van der Waals surface area contributed by atoms with Crippen molar-refractivity contribution in [1.29, 1.82) is 0 Å². The molecule has 0 radical (unpaired) electrons. The van der Waals surface area contributed by atoms with Crippen LogP contribution >= 0.6 is 0 Å². The summed E-state index contributed by atoms with van der Waals surface area (Å²) in [6.45, 7) is 3.89. The molecule has 0 unspecified atom stereocenters. The summed E-state index contributed by atoms with van der Waals surface area (Å²) in [5.74, 6) is 0. The maximum absolute atomic E-state index is 12.1. The number of carbonyl (C=O) groups is 1. The minimum Gasteiger partial charge on any atom is -0.447 e. The normalized spacial score (nSPS) is 10.7. The van der Waals surface area contributed by atoms with Gasteiger partial charge in [0.15, 0.2) is 0 Å². The highest BCUT2D eigenvalue weighted by molar-refractivity contribution is 7.89. The van der Waals surface area contributed by atoms with Crippen molar-refractivity contribution in [2.24, 2.45) is 0 Å². The maximum atomic E-state index is 12.1. The first kappa shape index (κ1) is 21.0. The molecule has 0 spiro atoms. The summed E-state index contributed by atoms with van der Waals surface area (Å²) in [5, 5.41) is 9.63. The van der Waals surface area contributed by atoms with Crippen LogP contribution in [0.4, 0.5) is 4.79 Å². The summed E-state index contributed by atoms with van der Waals surface area (Å²) < 4.78 is 28.6. The second-order valence-corrected chi connectivity index (χ2v) is 7.30. The maximum Gasteiger partial charge on any atom is 0.448 e. The Balaban J connectivity index is 2.46. The van der Waals surface area contributed by atoms with Crippen molar-refractivity contribution in [1.82, 2.24) is 4.47 Å². The molecule has 1 amide bonds. The zero-order valence-electron chi connectivity index (χ0n) is 14.6. The third-order valence-corrected chi connectivity index (χ3v) is 4.85. The summed E-state index contributed by atoms with van der Waals surface area (Å²) in [5.41, 5.74) is 3.83. The minimum absolute atomic E-state index is 0.0465. The molecule has 6 nitrogen and oxygen atoms in total. The van der Waals surface area contributed by atoms with E-state index in [1.807, 2.05) is 6.08 Å². The lowest BCUT2D eigenvalue weighted by molar-refractivity contribution is -0.00196. The molecule has 7 heteroatoms. The summed E-state index contributed by atoms with van der Waals surface area (Å²) in [7, 11) is -4.33. The van der Waals surface area contributed by atoms with E-state index in [2.05, 4.69) is 12.7 Å². The molecule has 25 heavy (non-hydrogen) atoms. The quantitative estimate of drug-likeness (QED) is 0.306. The largest absolute Gasteiger partial charge is 0.448 e. The molecule has 1 N–H and O–H groups in total. The topological polar surface area (TPSA) is 83.9 Å². The molecule has 0 aromatic heterocycles. The average molecular weight is 367 g/mol. The molecule has 0 aliphatic heterocycles. The number of hydrogen-bond donors (Lipinski definition) is 1. The molecule has 0 bridgehead atoms. The Morgan fingerprint density at radius 1 is 1.20 bits per heavy atom. The predicted molar refractivity (Wildman–Crippen MR) is 94.8 cm³/mol. The molecule has 1 rings (SSSR count). The van der Waals surface area contributed by atoms with Crippen molar-refractivity contribution in [3.8, 4) is 0 Å². The minimum atomic E-state index is -4.33. The first-order valence-electron chi connectivity index (χ1n) is 8.26. The van der Waals surface area contributed by atoms with E-state index >= 15 is 0 Å². The summed E-state index contributed by atoms with van der Waals surface area (Å²) in [6, 6.07) is 5.77. The number of sulfonamides is 1. The van der Waals surface area contributed by atoms with Crippen LogP contribution in [0.25, 0.3) is 0 Å². The molecular weight excluding hydrogens is 342 g/mol. The fraction of sp³-hybridized carbons (Fsp3) is 0.444. The molecule has 0 heterocycles. The number of hydrogen-bond acceptors (Lipinski definition) is 5. The van der Waals surface area contributed by atoms with Gasteiger partial charge in [-0.15, -0.1) is 5.73 Å². The molecule has 0 atom stereocenters. The number of ether oxygens (including phenoxy) is 1. The smallest absolute Gasteiger partial charge is 0.447 e. The van der Waals surface area contributed by atoms with E-state index < -0.39 is 16.1 Å². The van der Waals surface area contributed by atoms with Crippen LogP contribution in [0.3, 0.4) is 0 Å². The van der Waals surface area contributed by atoms with Crippen LogP contribution < -0.4 is 0 Å². The van der Waals surface area contributed by atoms with Gasteiger partial charge in [-0.05, 0) is 44.1 Å². The highest BCUT2D eigenvalue weighted by atomic mass is 32.2. The second kappa shape index (κ2) is 10.7. The van der Waals surface area contributed by atoms with Gasteiger partial charge in [0.1, 0.15) is 0 Å². The van der Waals surface area contributed by atoms with Crippen molar-refractivity contribution in [3.63, 3.8) is 0 Å². The Morgan fingerprint density at radius 2 is 1.84 bits per heavy atom. The van der Waals surface area contributed by atoms with Crippen LogP contribution in [0.2, 0.25) is 0 Å². The van der Waals surface area contributed by atoms with E-state index in [1.54, 1.807) is 25.1 Å². The Morgan fingerprint density at radius 3 is 2.48 bits per heavy atom. The number of nitrogens with zero attached hydrogens (tertiary/aromatic N) is 1. The molecule has 0 aliphatic carbocycles. The van der Waals surface area contributed by atoms with Crippen molar-refractivity contribution < 1.29 is 23.2 Å². The van der Waals surface area contributed by atoms with Gasteiger partial charge in [0.2, 0.25) is 0 Å². The Kier molecular flexibility index (Phi) is 8.99. The van der Waals surface area contributed by atoms with E-state index in [1.165, 1.54) is 18.6 Å². The number of rotatable bonds is 9. The summed E-state index contributed by atoms with van der Waals surface area (Å²) in [4.78, 5) is 11.5. The number of hydroxylamine groups is 1. The van der Waals surface area contributed by atoms with Gasteiger partial charge in [0.25, 0.3) is 10.0 Å². The first-order chi connectivity index (χ1) is 11.9. The molecule has 1 aromatic rings. The van der Waals surface area contributed by atoms with Crippen molar-refractivity contribution in [2.45, 2.75) is 50.8 Å². The fourth-order valence-corrected chi connectivity index (χ4v) is 2.84. The third kappa shape index (κ3) is 7.13. The average Bonchev–Trinajstić information content (AvgIpc) is 2.59. The fourth-order valence-electron chi connectivity index (χ4n) is 1.91. The van der Waals surface area contributed by atoms with E-state index in [0.29, 0.717) is 6.42 Å². The zero-order chi connectivity index (χ0) is 18.7. The second-order valence-electron chi connectivity index (χ2n) is 5.53. The molecule has 0 aliphatic rings. The van der Waals surface area contributed by atoms with E-state index in [4.69, 9.17) is 4.74 Å². The Bertz CT molecular complexity index is 703. The Hall–Kier alpha value is -2.08. The van der Waals surface area contributed by atoms with Crippen LogP contribution in [-0.4, -0.2) is 30.8 Å². The molecule has 138 valence electrons. The highest BCUT2D eigenvalue weighted by Crippen LogP contribution is 2.15. The van der Waals surface area contributed by atoms with Gasteiger partial charge in [-0.1, -0.05) is 41.9 Å². The van der Waals surface area contributed by atoms with Crippen molar-refractivity contribution in [2.75, 3.05) is 6.61 Å². The lowest BCUT2D eigenvalue weighted by Gasteiger charge is -2.14. The van der Waals surface area contributed by atoms with Crippen molar-refractivity contribution in [3.05, 3.63) is 47.7 Å². The van der Waals surface area contributed by atoms with Gasteiger partial charge < -0.3 is 4.74 Å². The standard InChI is InChI=1S/C18H25NO5S/c1-3-4-5-6-7-8-9-10-15-24-18(20)19(21)25(22,23)17-13-11-16(2)12-14-17/h7,9,11-14,21H,3-6,10,15H2,1-2H3. The van der Waals surface area contributed by atoms with Crippen LogP contribution in [0.5, 0.6) is 0 Å². The number of benzene rings is 1. The van der Waals surface area contributed by atoms with Crippen molar-refractivity contribution >= 4 is 16.1 Å². The van der Waals surface area contributed by atoms with Gasteiger partial charge in [-0.25, -0.2) is 4.79 Å². The number of aryl methyl sites for hydroxylation is 1. The van der Waals surface area contributed by atoms with Gasteiger partial charge in [-0.2, -0.15) is 8.42 Å². The van der Waals surface area contributed by atoms with E-state index in [-0.39, 0.29) is 16.0 Å². The monoisotopic (exact) mass is 367 g/mol. The summed E-state index contributed by atoms with van der Waals surface area (Å²) in [6.07, 6.45) is 7.07.